The third-order valence-electron chi connectivity index (χ3n) is 4.56. The average molecular weight is 314 g/mol. The van der Waals surface area contributed by atoms with Gasteiger partial charge in [0.2, 0.25) is 0 Å². The average Bonchev–Trinajstić information content (AvgIpc) is 2.53. The minimum absolute atomic E-state index is 0.0855. The molecular formula is C17H22N4O2. The third kappa shape index (κ3) is 3.81. The van der Waals surface area contributed by atoms with Crippen LogP contribution in [0.1, 0.15) is 12.0 Å². The SMILES string of the molecule is N#CC[C@@H]1CN(C2CNC2)CCN1C(=O)OCc1ccccc1. The fourth-order valence-electron chi connectivity index (χ4n) is 3.07. The molecule has 1 atom stereocenters. The van der Waals surface area contributed by atoms with Crippen molar-refractivity contribution in [1.29, 1.82) is 5.26 Å². The molecule has 1 N–H and O–H groups in total. The first-order chi connectivity index (χ1) is 11.3. The van der Waals surface area contributed by atoms with Gasteiger partial charge in [0.05, 0.1) is 18.5 Å². The summed E-state index contributed by atoms with van der Waals surface area (Å²) in [6.07, 6.45) is 0.0253. The Bertz CT molecular complexity index is 568. The lowest BCUT2D eigenvalue weighted by molar-refractivity contribution is 0.0210. The Hall–Kier alpha value is -2.10. The van der Waals surface area contributed by atoms with Crippen molar-refractivity contribution in [3.63, 3.8) is 0 Å². The van der Waals surface area contributed by atoms with E-state index in [1.807, 2.05) is 30.3 Å². The maximum absolute atomic E-state index is 12.4. The molecule has 1 aromatic carbocycles. The Morgan fingerprint density at radius 3 is 2.74 bits per heavy atom. The Kier molecular flexibility index (Phi) is 5.11. The molecule has 0 unspecified atom stereocenters. The Morgan fingerprint density at radius 2 is 2.09 bits per heavy atom. The molecule has 1 aromatic rings. The molecule has 0 bridgehead atoms. The number of amides is 1. The fraction of sp³-hybridized carbons (Fsp3) is 0.529. The van der Waals surface area contributed by atoms with Crippen LogP contribution >= 0.6 is 0 Å². The van der Waals surface area contributed by atoms with Crippen LogP contribution in [-0.2, 0) is 11.3 Å². The highest BCUT2D eigenvalue weighted by Crippen LogP contribution is 2.18. The van der Waals surface area contributed by atoms with E-state index in [-0.39, 0.29) is 18.7 Å². The lowest BCUT2D eigenvalue weighted by Gasteiger charge is -2.46. The standard InChI is InChI=1S/C17H22N4O2/c18-7-6-15-12-20(16-10-19-11-16)8-9-21(15)17(22)23-13-14-4-2-1-3-5-14/h1-5,15-16,19H,6,8-13H2/t15-/m1/s1. The lowest BCUT2D eigenvalue weighted by Crippen LogP contribution is -2.64. The van der Waals surface area contributed by atoms with Crippen molar-refractivity contribution in [2.24, 2.45) is 0 Å². The molecular weight excluding hydrogens is 292 g/mol. The molecule has 2 aliphatic heterocycles. The molecule has 0 aliphatic carbocycles. The van der Waals surface area contributed by atoms with Gasteiger partial charge in [-0.15, -0.1) is 0 Å². The Labute approximate surface area is 136 Å². The number of rotatable bonds is 4. The van der Waals surface area contributed by atoms with Gasteiger partial charge in [-0.1, -0.05) is 30.3 Å². The number of nitriles is 1. The van der Waals surface area contributed by atoms with E-state index in [0.29, 0.717) is 19.0 Å². The highest BCUT2D eigenvalue weighted by molar-refractivity contribution is 5.68. The molecule has 0 saturated carbocycles. The van der Waals surface area contributed by atoms with Crippen molar-refractivity contribution in [1.82, 2.24) is 15.1 Å². The van der Waals surface area contributed by atoms with E-state index in [4.69, 9.17) is 10.00 Å². The van der Waals surface area contributed by atoms with E-state index in [1.54, 1.807) is 4.90 Å². The summed E-state index contributed by atoms with van der Waals surface area (Å²) < 4.78 is 5.43. The largest absolute Gasteiger partial charge is 0.445 e. The molecule has 0 radical (unpaired) electrons. The van der Waals surface area contributed by atoms with Gasteiger partial charge in [0.25, 0.3) is 0 Å². The monoisotopic (exact) mass is 314 g/mol. The number of hydrogen-bond donors (Lipinski definition) is 1. The highest BCUT2D eigenvalue weighted by Gasteiger charge is 2.35. The molecule has 0 spiro atoms. The number of nitrogens with zero attached hydrogens (tertiary/aromatic N) is 3. The van der Waals surface area contributed by atoms with Crippen molar-refractivity contribution >= 4 is 6.09 Å². The van der Waals surface area contributed by atoms with Gasteiger partial charge in [0, 0.05) is 38.8 Å². The number of hydrogen-bond acceptors (Lipinski definition) is 5. The van der Waals surface area contributed by atoms with Crippen LogP contribution in [0, 0.1) is 11.3 Å². The molecule has 2 heterocycles. The number of carbonyl (C=O) groups is 1. The minimum atomic E-state index is -0.319. The summed E-state index contributed by atoms with van der Waals surface area (Å²) in [6.45, 7) is 4.48. The summed E-state index contributed by atoms with van der Waals surface area (Å²) in [5.74, 6) is 0. The topological polar surface area (TPSA) is 68.6 Å². The van der Waals surface area contributed by atoms with Gasteiger partial charge in [0.15, 0.2) is 0 Å². The van der Waals surface area contributed by atoms with Gasteiger partial charge in [-0.3, -0.25) is 4.90 Å². The van der Waals surface area contributed by atoms with Gasteiger partial charge >= 0.3 is 6.09 Å². The van der Waals surface area contributed by atoms with Crippen LogP contribution in [0.2, 0.25) is 0 Å². The van der Waals surface area contributed by atoms with Crippen molar-refractivity contribution in [2.75, 3.05) is 32.7 Å². The molecule has 6 nitrogen and oxygen atoms in total. The minimum Gasteiger partial charge on any atom is -0.445 e. The molecule has 2 aliphatic rings. The van der Waals surface area contributed by atoms with E-state index in [1.165, 1.54) is 0 Å². The van der Waals surface area contributed by atoms with Crippen LogP contribution in [0.4, 0.5) is 4.79 Å². The van der Waals surface area contributed by atoms with Gasteiger partial charge < -0.3 is 15.0 Å². The molecule has 1 amide bonds. The Balaban J connectivity index is 1.56. The number of nitrogens with one attached hydrogen (secondary N) is 1. The van der Waals surface area contributed by atoms with Crippen LogP contribution in [0.3, 0.4) is 0 Å². The summed E-state index contributed by atoms with van der Waals surface area (Å²) in [5.41, 5.74) is 0.969. The van der Waals surface area contributed by atoms with Crippen molar-refractivity contribution in [3.05, 3.63) is 35.9 Å². The second-order valence-corrected chi connectivity index (χ2v) is 6.06. The second kappa shape index (κ2) is 7.44. The van der Waals surface area contributed by atoms with Crippen molar-refractivity contribution < 1.29 is 9.53 Å². The zero-order valence-corrected chi connectivity index (χ0v) is 13.1. The summed E-state index contributed by atoms with van der Waals surface area (Å²) in [5, 5.41) is 12.3. The summed E-state index contributed by atoms with van der Waals surface area (Å²) in [7, 11) is 0. The van der Waals surface area contributed by atoms with E-state index in [0.717, 1.165) is 31.7 Å². The normalized spacial score (nSPS) is 22.2. The number of carbonyl (C=O) groups excluding carboxylic acids is 1. The number of ether oxygens (including phenoxy) is 1. The summed E-state index contributed by atoms with van der Waals surface area (Å²) in [4.78, 5) is 16.5. The van der Waals surface area contributed by atoms with Crippen molar-refractivity contribution in [2.45, 2.75) is 25.1 Å². The highest BCUT2D eigenvalue weighted by atomic mass is 16.6. The first kappa shape index (κ1) is 15.8. The molecule has 23 heavy (non-hydrogen) atoms. The van der Waals surface area contributed by atoms with Crippen LogP contribution in [0.25, 0.3) is 0 Å². The van der Waals surface area contributed by atoms with Crippen molar-refractivity contribution in [3.8, 4) is 6.07 Å². The maximum atomic E-state index is 12.4. The summed E-state index contributed by atoms with van der Waals surface area (Å²) >= 11 is 0. The van der Waals surface area contributed by atoms with E-state index in [2.05, 4.69) is 16.3 Å². The third-order valence-corrected chi connectivity index (χ3v) is 4.56. The second-order valence-electron chi connectivity index (χ2n) is 6.06. The fourth-order valence-corrected chi connectivity index (χ4v) is 3.07. The van der Waals surface area contributed by atoms with Gasteiger partial charge in [-0.25, -0.2) is 4.79 Å². The van der Waals surface area contributed by atoms with Crippen LogP contribution in [0.5, 0.6) is 0 Å². The van der Waals surface area contributed by atoms with Gasteiger partial charge in [-0.2, -0.15) is 5.26 Å². The molecule has 0 aromatic heterocycles. The van der Waals surface area contributed by atoms with E-state index >= 15 is 0 Å². The first-order valence-corrected chi connectivity index (χ1v) is 8.07. The molecule has 2 saturated heterocycles. The van der Waals surface area contributed by atoms with Gasteiger partial charge in [-0.05, 0) is 5.56 Å². The summed E-state index contributed by atoms with van der Waals surface area (Å²) in [6, 6.07) is 12.3. The smallest absolute Gasteiger partial charge is 0.410 e. The molecule has 6 heteroatoms. The lowest BCUT2D eigenvalue weighted by atomic mass is 10.0. The maximum Gasteiger partial charge on any atom is 0.410 e. The van der Waals surface area contributed by atoms with Gasteiger partial charge in [0.1, 0.15) is 6.61 Å². The number of piperazine rings is 1. The zero-order valence-electron chi connectivity index (χ0n) is 13.1. The van der Waals surface area contributed by atoms with Crippen LogP contribution in [0.15, 0.2) is 30.3 Å². The predicted octanol–water partition coefficient (Wildman–Crippen LogP) is 1.19. The Morgan fingerprint density at radius 1 is 1.30 bits per heavy atom. The molecule has 122 valence electrons. The molecule has 3 rings (SSSR count). The quantitative estimate of drug-likeness (QED) is 0.904. The number of benzene rings is 1. The first-order valence-electron chi connectivity index (χ1n) is 8.07. The van der Waals surface area contributed by atoms with Crippen LogP contribution in [-0.4, -0.2) is 60.7 Å². The van der Waals surface area contributed by atoms with E-state index in [9.17, 15) is 4.79 Å². The van der Waals surface area contributed by atoms with Crippen LogP contribution < -0.4 is 5.32 Å². The zero-order chi connectivity index (χ0) is 16.1. The van der Waals surface area contributed by atoms with E-state index < -0.39 is 0 Å². The molecule has 2 fully saturated rings. The predicted molar refractivity (Wildman–Crippen MR) is 85.6 cm³/mol.